The smallest absolute Gasteiger partial charge is 0.187 e. The monoisotopic (exact) mass is 316 g/mol. The molecule has 3 rings (SSSR count). The number of thiocarbonyl (C=S) groups is 1. The average Bonchev–Trinajstić information content (AvgIpc) is 3.13. The molecule has 0 saturated carbocycles. The van der Waals surface area contributed by atoms with Crippen LogP contribution in [0.25, 0.3) is 10.9 Å². The second-order valence-electron chi connectivity index (χ2n) is 5.42. The van der Waals surface area contributed by atoms with Crippen molar-refractivity contribution in [3.63, 3.8) is 0 Å². The molecule has 0 aliphatic carbocycles. The molecule has 1 aromatic carbocycles. The van der Waals surface area contributed by atoms with Crippen LogP contribution in [-0.2, 0) is 4.74 Å². The molecule has 6 heteroatoms. The van der Waals surface area contributed by atoms with Crippen LogP contribution in [0.2, 0.25) is 0 Å². The lowest BCUT2D eigenvalue weighted by Crippen LogP contribution is -2.37. The Kier molecular flexibility index (Phi) is 4.70. The number of H-pyrrole nitrogens is 1. The highest BCUT2D eigenvalue weighted by Crippen LogP contribution is 2.19. The van der Waals surface area contributed by atoms with Crippen molar-refractivity contribution in [3.8, 4) is 0 Å². The normalized spacial score (nSPS) is 18.1. The van der Waals surface area contributed by atoms with E-state index in [1.807, 2.05) is 19.1 Å². The van der Waals surface area contributed by atoms with E-state index in [1.54, 1.807) is 6.21 Å². The van der Waals surface area contributed by atoms with Crippen LogP contribution >= 0.6 is 12.2 Å². The number of benzene rings is 1. The predicted octanol–water partition coefficient (Wildman–Crippen LogP) is 2.45. The lowest BCUT2D eigenvalue weighted by atomic mass is 10.1. The molecule has 1 aromatic heterocycles. The van der Waals surface area contributed by atoms with Gasteiger partial charge in [-0.2, -0.15) is 5.10 Å². The molecule has 1 aliphatic heterocycles. The van der Waals surface area contributed by atoms with Gasteiger partial charge < -0.3 is 15.0 Å². The molecule has 5 nitrogen and oxygen atoms in total. The minimum absolute atomic E-state index is 0.264. The first kappa shape index (κ1) is 15.0. The van der Waals surface area contributed by atoms with Gasteiger partial charge in [0.05, 0.1) is 12.3 Å². The van der Waals surface area contributed by atoms with Gasteiger partial charge in [-0.05, 0) is 38.0 Å². The fourth-order valence-electron chi connectivity index (χ4n) is 2.67. The number of rotatable bonds is 4. The van der Waals surface area contributed by atoms with Crippen LogP contribution in [0.4, 0.5) is 0 Å². The van der Waals surface area contributed by atoms with Crippen LogP contribution in [-0.4, -0.2) is 35.6 Å². The van der Waals surface area contributed by atoms with Crippen LogP contribution in [0.15, 0.2) is 29.4 Å². The molecule has 1 fully saturated rings. The van der Waals surface area contributed by atoms with Crippen LogP contribution < -0.4 is 10.7 Å². The van der Waals surface area contributed by atoms with E-state index in [9.17, 15) is 0 Å². The van der Waals surface area contributed by atoms with Crippen molar-refractivity contribution in [2.45, 2.75) is 25.9 Å². The Hall–Kier alpha value is -1.92. The van der Waals surface area contributed by atoms with Crippen LogP contribution in [0.1, 0.15) is 24.1 Å². The number of hydrogen-bond donors (Lipinski definition) is 3. The number of ether oxygens (including phenoxy) is 1. The molecule has 1 unspecified atom stereocenters. The van der Waals surface area contributed by atoms with Gasteiger partial charge in [0.1, 0.15) is 0 Å². The minimum Gasteiger partial charge on any atom is -0.376 e. The first-order valence-corrected chi connectivity index (χ1v) is 7.90. The molecule has 0 spiro atoms. The number of para-hydroxylation sites is 1. The van der Waals surface area contributed by atoms with Crippen molar-refractivity contribution < 1.29 is 4.74 Å². The van der Waals surface area contributed by atoms with Gasteiger partial charge in [-0.1, -0.05) is 18.2 Å². The summed E-state index contributed by atoms with van der Waals surface area (Å²) in [5.74, 6) is 0. The molecular weight excluding hydrogens is 296 g/mol. The molecule has 1 aliphatic rings. The van der Waals surface area contributed by atoms with E-state index in [2.05, 4.69) is 33.0 Å². The summed E-state index contributed by atoms with van der Waals surface area (Å²) in [6.45, 7) is 3.62. The molecule has 0 bridgehead atoms. The van der Waals surface area contributed by atoms with Gasteiger partial charge in [-0.3, -0.25) is 5.43 Å². The highest BCUT2D eigenvalue weighted by molar-refractivity contribution is 7.80. The summed E-state index contributed by atoms with van der Waals surface area (Å²) in [7, 11) is 0. The topological polar surface area (TPSA) is 61.4 Å². The first-order valence-electron chi connectivity index (χ1n) is 7.50. The number of hydrazone groups is 1. The Morgan fingerprint density at radius 2 is 2.36 bits per heavy atom. The Morgan fingerprint density at radius 1 is 1.50 bits per heavy atom. The van der Waals surface area contributed by atoms with Crippen molar-refractivity contribution in [1.29, 1.82) is 0 Å². The van der Waals surface area contributed by atoms with Gasteiger partial charge in [-0.25, -0.2) is 0 Å². The summed E-state index contributed by atoms with van der Waals surface area (Å²) < 4.78 is 5.54. The largest absolute Gasteiger partial charge is 0.376 e. The minimum atomic E-state index is 0.264. The number of nitrogens with one attached hydrogen (secondary N) is 3. The zero-order chi connectivity index (χ0) is 15.4. The van der Waals surface area contributed by atoms with E-state index in [4.69, 9.17) is 17.0 Å². The van der Waals surface area contributed by atoms with Gasteiger partial charge in [0.25, 0.3) is 0 Å². The Labute approximate surface area is 135 Å². The summed E-state index contributed by atoms with van der Waals surface area (Å²) in [5.41, 5.74) is 6.13. The molecule has 1 atom stereocenters. The zero-order valence-electron chi connectivity index (χ0n) is 12.6. The van der Waals surface area contributed by atoms with E-state index in [1.165, 1.54) is 0 Å². The number of aromatic nitrogens is 1. The molecule has 116 valence electrons. The zero-order valence-corrected chi connectivity index (χ0v) is 13.4. The number of aryl methyl sites for hydroxylation is 1. The Bertz CT molecular complexity index is 689. The van der Waals surface area contributed by atoms with E-state index >= 15 is 0 Å². The second-order valence-corrected chi connectivity index (χ2v) is 5.83. The standard InChI is InChI=1S/C16H20N4OS/c1-11-14(13-6-2-3-7-15(13)19-11)10-18-20-16(22)17-9-12-5-4-8-21-12/h2-3,6-7,10,12,19H,4-5,8-9H2,1H3,(H2,17,20,22)/b18-10+. The van der Waals surface area contributed by atoms with E-state index in [-0.39, 0.29) is 6.10 Å². The van der Waals surface area contributed by atoms with E-state index in [0.29, 0.717) is 5.11 Å². The van der Waals surface area contributed by atoms with Crippen molar-refractivity contribution in [1.82, 2.24) is 15.7 Å². The highest BCUT2D eigenvalue weighted by Gasteiger charge is 2.15. The van der Waals surface area contributed by atoms with Crippen LogP contribution in [0, 0.1) is 6.92 Å². The van der Waals surface area contributed by atoms with Gasteiger partial charge in [-0.15, -0.1) is 0 Å². The molecule has 1 saturated heterocycles. The molecular formula is C16H20N4OS. The predicted molar refractivity (Wildman–Crippen MR) is 93.3 cm³/mol. The van der Waals surface area contributed by atoms with Crippen molar-refractivity contribution in [3.05, 3.63) is 35.5 Å². The molecule has 0 radical (unpaired) electrons. The van der Waals surface area contributed by atoms with Crippen molar-refractivity contribution in [2.24, 2.45) is 5.10 Å². The third-order valence-electron chi connectivity index (χ3n) is 3.82. The second kappa shape index (κ2) is 6.89. The third-order valence-corrected chi connectivity index (χ3v) is 4.05. The number of fused-ring (bicyclic) bond motifs is 1. The third kappa shape index (κ3) is 3.45. The first-order chi connectivity index (χ1) is 10.7. The lowest BCUT2D eigenvalue weighted by molar-refractivity contribution is 0.114. The van der Waals surface area contributed by atoms with Gasteiger partial charge in [0, 0.05) is 35.3 Å². The fourth-order valence-corrected chi connectivity index (χ4v) is 2.81. The molecule has 22 heavy (non-hydrogen) atoms. The quantitative estimate of drug-likeness (QED) is 0.461. The number of nitrogens with zero attached hydrogens (tertiary/aromatic N) is 1. The Balaban J connectivity index is 1.56. The van der Waals surface area contributed by atoms with Crippen LogP contribution in [0.5, 0.6) is 0 Å². The fraction of sp³-hybridized carbons (Fsp3) is 0.375. The van der Waals surface area contributed by atoms with Crippen molar-refractivity contribution in [2.75, 3.05) is 13.2 Å². The Morgan fingerprint density at radius 3 is 3.18 bits per heavy atom. The molecule has 2 aromatic rings. The molecule has 2 heterocycles. The van der Waals surface area contributed by atoms with Crippen molar-refractivity contribution >= 4 is 34.4 Å². The van der Waals surface area contributed by atoms with Gasteiger partial charge >= 0.3 is 0 Å². The summed E-state index contributed by atoms with van der Waals surface area (Å²) in [5, 5.41) is 9.03. The highest BCUT2D eigenvalue weighted by atomic mass is 32.1. The summed E-state index contributed by atoms with van der Waals surface area (Å²) in [6.07, 6.45) is 4.28. The number of aromatic amines is 1. The van der Waals surface area contributed by atoms with E-state index in [0.717, 1.165) is 48.2 Å². The van der Waals surface area contributed by atoms with Crippen LogP contribution in [0.3, 0.4) is 0 Å². The summed E-state index contributed by atoms with van der Waals surface area (Å²) in [6, 6.07) is 8.17. The number of hydrogen-bond acceptors (Lipinski definition) is 3. The lowest BCUT2D eigenvalue weighted by Gasteiger charge is -2.11. The summed E-state index contributed by atoms with van der Waals surface area (Å²) >= 11 is 5.21. The maximum atomic E-state index is 5.54. The maximum absolute atomic E-state index is 5.54. The molecule has 3 N–H and O–H groups in total. The maximum Gasteiger partial charge on any atom is 0.187 e. The van der Waals surface area contributed by atoms with Gasteiger partial charge in [0.2, 0.25) is 0 Å². The summed E-state index contributed by atoms with van der Waals surface area (Å²) in [4.78, 5) is 3.34. The van der Waals surface area contributed by atoms with Gasteiger partial charge in [0.15, 0.2) is 5.11 Å². The SMILES string of the molecule is Cc1[nH]c2ccccc2c1/C=N/NC(=S)NCC1CCCO1. The average molecular weight is 316 g/mol. The van der Waals surface area contributed by atoms with E-state index < -0.39 is 0 Å². The molecule has 0 amide bonds.